The van der Waals surface area contributed by atoms with Crippen molar-refractivity contribution in [3.63, 3.8) is 0 Å². The van der Waals surface area contributed by atoms with Crippen LogP contribution in [0.25, 0.3) is 22.0 Å². The van der Waals surface area contributed by atoms with Gasteiger partial charge in [0, 0.05) is 91.7 Å². The third-order valence-corrected chi connectivity index (χ3v) is 16.5. The lowest BCUT2D eigenvalue weighted by Crippen LogP contribution is -2.51. The highest BCUT2D eigenvalue weighted by atomic mass is 35.5. The van der Waals surface area contributed by atoms with E-state index in [0.29, 0.717) is 59.8 Å². The number of nitrogens with one attached hydrogen (secondary N) is 2. The Hall–Kier alpha value is -6.21. The van der Waals surface area contributed by atoms with Crippen molar-refractivity contribution in [1.29, 1.82) is 0 Å². The summed E-state index contributed by atoms with van der Waals surface area (Å²) in [6.07, 6.45) is 6.42. The first-order chi connectivity index (χ1) is 35.2. The maximum absolute atomic E-state index is 16.5. The van der Waals surface area contributed by atoms with Crippen LogP contribution < -0.4 is 30.7 Å². The van der Waals surface area contributed by atoms with Crippen LogP contribution in [0.2, 0.25) is 5.02 Å². The highest BCUT2D eigenvalue weighted by molar-refractivity contribution is 6.34. The number of aromatic nitrogens is 2. The highest BCUT2D eigenvalue weighted by Gasteiger charge is 2.50. The van der Waals surface area contributed by atoms with Crippen LogP contribution in [-0.4, -0.2) is 113 Å². The Kier molecular flexibility index (Phi) is 14.2. The Bertz CT molecular complexity index is 2950. The molecule has 5 amide bonds. The molecule has 2 atom stereocenters. The first-order valence-corrected chi connectivity index (χ1v) is 25.7. The molecule has 5 N–H and O–H groups in total. The topological polar surface area (TPSA) is 185 Å². The zero-order chi connectivity index (χ0) is 51.3. The average molecular weight is 1030 g/mol. The number of aliphatic hydroxyl groups excluding tert-OH is 1. The van der Waals surface area contributed by atoms with Crippen LogP contribution >= 0.6 is 11.6 Å². The van der Waals surface area contributed by atoms with Crippen molar-refractivity contribution >= 4 is 52.1 Å². The Labute approximate surface area is 426 Å². The van der Waals surface area contributed by atoms with Gasteiger partial charge in [-0.15, -0.1) is 0 Å². The molecule has 1 aromatic heterocycles. The third kappa shape index (κ3) is 9.29. The number of imide groups is 1. The molecular weight excluding hydrogens is 965 g/mol. The number of piperidine rings is 2. The maximum Gasteiger partial charge on any atom is 0.329 e. The number of aliphatic hydroxyl groups is 1. The van der Waals surface area contributed by atoms with Crippen molar-refractivity contribution < 1.29 is 46.9 Å². The molecule has 5 heterocycles. The van der Waals surface area contributed by atoms with Gasteiger partial charge < -0.3 is 35.4 Å². The van der Waals surface area contributed by atoms with Gasteiger partial charge in [0.05, 0.1) is 17.2 Å². The molecule has 2 unspecified atom stereocenters. The first kappa shape index (κ1) is 50.3. The fourth-order valence-electron chi connectivity index (χ4n) is 12.2. The number of halogens is 4. The van der Waals surface area contributed by atoms with E-state index < -0.39 is 40.1 Å². The fraction of sp³-hybridized carbons (Fsp3) is 0.463. The van der Waals surface area contributed by atoms with Crippen LogP contribution in [0.3, 0.4) is 0 Å². The normalized spacial score (nSPS) is 23.1. The third-order valence-electron chi connectivity index (χ3n) is 16.1. The number of nitrogens with zero attached hydrogens (tertiary/aromatic N) is 5. The van der Waals surface area contributed by atoms with E-state index in [1.807, 2.05) is 54.3 Å². The summed E-state index contributed by atoms with van der Waals surface area (Å²) >= 11 is 6.72. The zero-order valence-electron chi connectivity index (χ0n) is 40.9. The number of primary amides is 1. The second-order valence-electron chi connectivity index (χ2n) is 20.1. The van der Waals surface area contributed by atoms with Gasteiger partial charge >= 0.3 is 6.03 Å². The van der Waals surface area contributed by atoms with Crippen molar-refractivity contribution in [2.75, 3.05) is 57.4 Å². The van der Waals surface area contributed by atoms with E-state index in [4.69, 9.17) is 26.8 Å². The largest absolute Gasteiger partial charge is 0.488 e. The zero-order valence-corrected chi connectivity index (χ0v) is 41.7. The molecule has 3 saturated heterocycles. The summed E-state index contributed by atoms with van der Waals surface area (Å²) in [6.45, 7) is 4.78. The SMILES string of the molecule is CC1c2c(cc(F)c(Cl)c2-c2c(C(N)=O)ccc(OCCO)c2F)OC1(CNC1CCC(C(=O)N2CCC(N3CCC(c4ccc5c(N6CCC(=O)NC6=O)nn(C)c5c4F)CC3)CC2)CC1)c1ccccc1. The molecule has 0 radical (unpaired) electrons. The Morgan fingerprint density at radius 2 is 1.66 bits per heavy atom. The Balaban J connectivity index is 0.753. The number of nitrogens with two attached hydrogens (primary N) is 1. The molecule has 1 saturated carbocycles. The van der Waals surface area contributed by atoms with Crippen molar-refractivity contribution in [1.82, 2.24) is 30.2 Å². The Morgan fingerprint density at radius 3 is 2.34 bits per heavy atom. The number of aryl methyl sites for hydroxylation is 1. The molecule has 1 aliphatic carbocycles. The van der Waals surface area contributed by atoms with Crippen LogP contribution in [0.1, 0.15) is 104 Å². The molecule has 386 valence electrons. The molecule has 0 spiro atoms. The monoisotopic (exact) mass is 1020 g/mol. The van der Waals surface area contributed by atoms with Crippen LogP contribution in [0.5, 0.6) is 11.5 Å². The van der Waals surface area contributed by atoms with Gasteiger partial charge in [0.1, 0.15) is 23.7 Å². The fourth-order valence-corrected chi connectivity index (χ4v) is 12.5. The smallest absolute Gasteiger partial charge is 0.329 e. The van der Waals surface area contributed by atoms with Gasteiger partial charge in [0.2, 0.25) is 17.7 Å². The lowest BCUT2D eigenvalue weighted by Gasteiger charge is -2.43. The predicted molar refractivity (Wildman–Crippen MR) is 268 cm³/mol. The molecule has 15 nitrogen and oxygen atoms in total. The van der Waals surface area contributed by atoms with Gasteiger partial charge in [-0.3, -0.25) is 29.3 Å². The summed E-state index contributed by atoms with van der Waals surface area (Å²) in [7, 11) is 1.67. The van der Waals surface area contributed by atoms with Crippen LogP contribution in [0, 0.1) is 23.4 Å². The summed E-state index contributed by atoms with van der Waals surface area (Å²) < 4.78 is 62.3. The number of urea groups is 1. The molecule has 5 aromatic rings. The van der Waals surface area contributed by atoms with E-state index in [0.717, 1.165) is 57.2 Å². The molecule has 19 heteroatoms. The Morgan fingerprint density at radius 1 is 0.932 bits per heavy atom. The summed E-state index contributed by atoms with van der Waals surface area (Å²) in [4.78, 5) is 57.0. The standard InChI is InChI=1S/C54H60ClF3N8O7/c1-30-43-41(28-39(56)46(55)45(43)44-37(50(59)69)14-15-40(48(44)58)72-27-26-67)73-54(30,33-6-4-3-5-7-33)29-60-34-10-8-32(9-11-34)52(70)65-23-18-35(19-24-65)64-21-16-31(17-22-64)36-12-13-38-49(47(36)57)63(2)62-51(38)66-25-20-42(68)61-53(66)71/h3-7,12-15,28,30-32,34-35,60,67H,8-11,16-27,29H2,1-2H3,(H2,59,69)(H,61,68,71). The number of benzene rings is 4. The van der Waals surface area contributed by atoms with Crippen molar-refractivity contribution in [2.45, 2.75) is 94.2 Å². The number of amides is 5. The highest BCUT2D eigenvalue weighted by Crippen LogP contribution is 2.56. The van der Waals surface area contributed by atoms with Crippen LogP contribution in [-0.2, 0) is 22.2 Å². The van der Waals surface area contributed by atoms with E-state index >= 15 is 13.2 Å². The number of likely N-dealkylation sites (tertiary alicyclic amines) is 2. The number of carbonyl (C=O) groups excluding carboxylic acids is 4. The number of rotatable bonds is 13. The number of fused-ring (bicyclic) bond motifs is 2. The molecule has 0 bridgehead atoms. The molecular formula is C54H60ClF3N8O7. The molecule has 73 heavy (non-hydrogen) atoms. The number of ether oxygens (including phenoxy) is 2. The van der Waals surface area contributed by atoms with Crippen LogP contribution in [0.4, 0.5) is 23.8 Å². The van der Waals surface area contributed by atoms with E-state index in [2.05, 4.69) is 20.6 Å². The molecule has 5 aliphatic rings. The molecule has 10 rings (SSSR count). The predicted octanol–water partition coefficient (Wildman–Crippen LogP) is 7.64. The van der Waals surface area contributed by atoms with Gasteiger partial charge in [0.15, 0.2) is 28.8 Å². The second-order valence-corrected chi connectivity index (χ2v) is 20.5. The van der Waals surface area contributed by atoms with Crippen LogP contribution in [0.15, 0.2) is 60.7 Å². The maximum atomic E-state index is 16.5. The second kappa shape index (κ2) is 20.6. The van der Waals surface area contributed by atoms with Gasteiger partial charge in [-0.1, -0.05) is 54.9 Å². The average Bonchev–Trinajstić information content (AvgIpc) is 3.88. The minimum Gasteiger partial charge on any atom is -0.488 e. The van der Waals surface area contributed by atoms with Crippen molar-refractivity contribution in [3.8, 4) is 22.6 Å². The molecule has 4 aromatic carbocycles. The lowest BCUT2D eigenvalue weighted by molar-refractivity contribution is -0.138. The van der Waals surface area contributed by atoms with Gasteiger partial charge in [0.25, 0.3) is 0 Å². The van der Waals surface area contributed by atoms with E-state index in [-0.39, 0.29) is 96.4 Å². The first-order valence-electron chi connectivity index (χ1n) is 25.3. The summed E-state index contributed by atoms with van der Waals surface area (Å²) in [6, 6.07) is 16.7. The number of carbonyl (C=O) groups is 4. The minimum atomic E-state index is -1.12. The quantitative estimate of drug-likeness (QED) is 0.0915. The molecule has 4 aliphatic heterocycles. The van der Waals surface area contributed by atoms with E-state index in [1.54, 1.807) is 7.05 Å². The van der Waals surface area contributed by atoms with Crippen molar-refractivity contribution in [2.24, 2.45) is 18.7 Å². The summed E-state index contributed by atoms with van der Waals surface area (Å²) in [5.74, 6) is -3.69. The van der Waals surface area contributed by atoms with Gasteiger partial charge in [-0.25, -0.2) is 18.0 Å². The van der Waals surface area contributed by atoms with Gasteiger partial charge in [-0.2, -0.15) is 5.10 Å². The lowest BCUT2D eigenvalue weighted by atomic mass is 9.77. The number of hydrogen-bond acceptors (Lipinski definition) is 10. The summed E-state index contributed by atoms with van der Waals surface area (Å²) in [5.41, 5.74) is 6.21. The van der Waals surface area contributed by atoms with E-state index in [1.165, 1.54) is 27.8 Å². The van der Waals surface area contributed by atoms with Gasteiger partial charge in [-0.05, 0) is 99.7 Å². The summed E-state index contributed by atoms with van der Waals surface area (Å²) in [5, 5.41) is 20.0. The number of hydrogen-bond donors (Lipinski definition) is 4. The van der Waals surface area contributed by atoms with E-state index in [9.17, 15) is 24.3 Å². The minimum absolute atomic E-state index is 0.0314. The number of anilines is 1. The molecule has 4 fully saturated rings. The van der Waals surface area contributed by atoms with Crippen molar-refractivity contribution in [3.05, 3.63) is 105 Å².